The number of unbranched alkanes of at least 4 members (excludes halogenated alkanes) is 3. The monoisotopic (exact) mass is 251 g/mol. The fourth-order valence-corrected chi connectivity index (χ4v) is 2.18. The van der Waals surface area contributed by atoms with E-state index >= 15 is 0 Å². The number of oxazole rings is 1. The summed E-state index contributed by atoms with van der Waals surface area (Å²) in [7, 11) is 0. The minimum atomic E-state index is -0.250. The first-order valence-electron chi connectivity index (χ1n) is 6.02. The highest BCUT2D eigenvalue weighted by molar-refractivity contribution is 7.80. The van der Waals surface area contributed by atoms with Crippen LogP contribution in [0.5, 0.6) is 0 Å². The molecular formula is C13H17NO2S. The summed E-state index contributed by atoms with van der Waals surface area (Å²) in [6.45, 7) is 0.739. The lowest BCUT2D eigenvalue weighted by molar-refractivity contribution is 0.489. The number of para-hydroxylation sites is 2. The third-order valence-corrected chi connectivity index (χ3v) is 3.18. The molecule has 0 bridgehead atoms. The first kappa shape index (κ1) is 12.3. The van der Waals surface area contributed by atoms with Gasteiger partial charge in [0.2, 0.25) is 0 Å². The zero-order valence-electron chi connectivity index (χ0n) is 9.76. The van der Waals surface area contributed by atoms with E-state index in [-0.39, 0.29) is 5.76 Å². The number of hydrogen-bond donors (Lipinski definition) is 1. The Bertz CT molecular complexity index is 529. The molecule has 3 nitrogen and oxygen atoms in total. The maximum absolute atomic E-state index is 11.6. The highest BCUT2D eigenvalue weighted by Gasteiger charge is 2.07. The molecule has 0 aliphatic heterocycles. The van der Waals surface area contributed by atoms with Crippen molar-refractivity contribution in [3.05, 3.63) is 34.8 Å². The summed E-state index contributed by atoms with van der Waals surface area (Å²) in [5, 5.41) is 0. The van der Waals surface area contributed by atoms with Crippen LogP contribution in [0.2, 0.25) is 0 Å². The Labute approximate surface area is 106 Å². The number of rotatable bonds is 6. The van der Waals surface area contributed by atoms with Crippen molar-refractivity contribution >= 4 is 23.7 Å². The summed E-state index contributed by atoms with van der Waals surface area (Å²) in [5.41, 5.74) is 1.57. The number of nitrogens with zero attached hydrogens (tertiary/aromatic N) is 1. The van der Waals surface area contributed by atoms with Gasteiger partial charge in [0.05, 0.1) is 5.52 Å². The van der Waals surface area contributed by atoms with Crippen LogP contribution >= 0.6 is 12.6 Å². The summed E-state index contributed by atoms with van der Waals surface area (Å²) in [6.07, 6.45) is 4.46. The number of hydrogen-bond acceptors (Lipinski definition) is 3. The van der Waals surface area contributed by atoms with Gasteiger partial charge in [0.25, 0.3) is 0 Å². The van der Waals surface area contributed by atoms with Crippen LogP contribution in [-0.2, 0) is 6.54 Å². The second-order valence-corrected chi connectivity index (χ2v) is 4.57. The van der Waals surface area contributed by atoms with Crippen molar-refractivity contribution in [2.75, 3.05) is 5.75 Å². The predicted molar refractivity (Wildman–Crippen MR) is 72.8 cm³/mol. The molecular weight excluding hydrogens is 234 g/mol. The summed E-state index contributed by atoms with van der Waals surface area (Å²) in [5.74, 6) is 0.689. The average Bonchev–Trinajstić information content (AvgIpc) is 2.65. The minimum Gasteiger partial charge on any atom is -0.408 e. The summed E-state index contributed by atoms with van der Waals surface area (Å²) >= 11 is 4.18. The smallest absolute Gasteiger partial charge is 0.408 e. The van der Waals surface area contributed by atoms with Gasteiger partial charge < -0.3 is 4.42 Å². The topological polar surface area (TPSA) is 35.1 Å². The molecule has 0 radical (unpaired) electrons. The maximum atomic E-state index is 11.6. The average molecular weight is 251 g/mol. The highest BCUT2D eigenvalue weighted by atomic mass is 32.1. The molecule has 0 atom stereocenters. The van der Waals surface area contributed by atoms with E-state index in [9.17, 15) is 4.79 Å². The molecule has 1 heterocycles. The Morgan fingerprint density at radius 3 is 2.71 bits per heavy atom. The molecule has 0 unspecified atom stereocenters. The molecule has 0 spiro atoms. The lowest BCUT2D eigenvalue weighted by atomic mass is 10.2. The molecule has 4 heteroatoms. The number of aromatic nitrogens is 1. The molecule has 0 amide bonds. The SMILES string of the molecule is O=c1oc2ccccc2n1CCCCCCS. The molecule has 1 aromatic carbocycles. The Morgan fingerprint density at radius 2 is 1.88 bits per heavy atom. The van der Waals surface area contributed by atoms with Crippen molar-refractivity contribution < 1.29 is 4.42 Å². The van der Waals surface area contributed by atoms with E-state index in [1.165, 1.54) is 6.42 Å². The van der Waals surface area contributed by atoms with E-state index in [2.05, 4.69) is 12.6 Å². The van der Waals surface area contributed by atoms with Gasteiger partial charge in [-0.05, 0) is 30.7 Å². The zero-order chi connectivity index (χ0) is 12.1. The van der Waals surface area contributed by atoms with Gasteiger partial charge in [-0.15, -0.1) is 0 Å². The van der Waals surface area contributed by atoms with Crippen molar-refractivity contribution in [2.45, 2.75) is 32.2 Å². The van der Waals surface area contributed by atoms with Crippen LogP contribution < -0.4 is 5.76 Å². The van der Waals surface area contributed by atoms with Crippen LogP contribution in [0, 0.1) is 0 Å². The lowest BCUT2D eigenvalue weighted by Gasteiger charge is -2.01. The van der Waals surface area contributed by atoms with E-state index in [0.29, 0.717) is 5.58 Å². The first-order chi connectivity index (χ1) is 8.33. The van der Waals surface area contributed by atoms with E-state index in [1.807, 2.05) is 24.3 Å². The van der Waals surface area contributed by atoms with Crippen LogP contribution in [0.4, 0.5) is 0 Å². The van der Waals surface area contributed by atoms with Crippen molar-refractivity contribution in [3.63, 3.8) is 0 Å². The zero-order valence-corrected chi connectivity index (χ0v) is 10.7. The molecule has 92 valence electrons. The van der Waals surface area contributed by atoms with Crippen LogP contribution in [0.3, 0.4) is 0 Å². The summed E-state index contributed by atoms with van der Waals surface area (Å²) in [6, 6.07) is 7.55. The molecule has 0 N–H and O–H groups in total. The second-order valence-electron chi connectivity index (χ2n) is 4.13. The van der Waals surface area contributed by atoms with Gasteiger partial charge in [0, 0.05) is 6.54 Å². The van der Waals surface area contributed by atoms with Crippen molar-refractivity contribution in [3.8, 4) is 0 Å². The molecule has 2 aromatic rings. The van der Waals surface area contributed by atoms with Gasteiger partial charge in [-0.25, -0.2) is 4.79 Å². The molecule has 0 aliphatic carbocycles. The van der Waals surface area contributed by atoms with Crippen LogP contribution in [0.25, 0.3) is 11.1 Å². The van der Waals surface area contributed by atoms with Crippen molar-refractivity contribution in [1.82, 2.24) is 4.57 Å². The number of thiol groups is 1. The molecule has 0 fully saturated rings. The van der Waals surface area contributed by atoms with E-state index < -0.39 is 0 Å². The largest absolute Gasteiger partial charge is 0.419 e. The van der Waals surface area contributed by atoms with Gasteiger partial charge >= 0.3 is 5.76 Å². The molecule has 1 aromatic heterocycles. The van der Waals surface area contributed by atoms with Gasteiger partial charge in [-0.2, -0.15) is 12.6 Å². The van der Waals surface area contributed by atoms with Crippen LogP contribution in [0.15, 0.2) is 33.5 Å². The number of fused-ring (bicyclic) bond motifs is 1. The fourth-order valence-electron chi connectivity index (χ4n) is 1.96. The highest BCUT2D eigenvalue weighted by Crippen LogP contribution is 2.13. The fraction of sp³-hybridized carbons (Fsp3) is 0.462. The summed E-state index contributed by atoms with van der Waals surface area (Å²) in [4.78, 5) is 11.6. The predicted octanol–water partition coefficient (Wildman–Crippen LogP) is 3.08. The Balaban J connectivity index is 2.03. The molecule has 0 aliphatic rings. The minimum absolute atomic E-state index is 0.250. The van der Waals surface area contributed by atoms with Crippen LogP contribution in [-0.4, -0.2) is 10.3 Å². The van der Waals surface area contributed by atoms with E-state index in [4.69, 9.17) is 4.42 Å². The third-order valence-electron chi connectivity index (χ3n) is 2.86. The third kappa shape index (κ3) is 2.94. The van der Waals surface area contributed by atoms with Gasteiger partial charge in [-0.1, -0.05) is 25.0 Å². The Hall–Kier alpha value is -1.16. The Kier molecular flexibility index (Phi) is 4.31. The molecule has 0 saturated carbocycles. The first-order valence-corrected chi connectivity index (χ1v) is 6.65. The van der Waals surface area contributed by atoms with E-state index in [1.54, 1.807) is 4.57 Å². The van der Waals surface area contributed by atoms with Crippen molar-refractivity contribution in [2.24, 2.45) is 0 Å². The normalized spacial score (nSPS) is 11.1. The second kappa shape index (κ2) is 5.96. The van der Waals surface area contributed by atoms with Gasteiger partial charge in [0.15, 0.2) is 5.58 Å². The van der Waals surface area contributed by atoms with E-state index in [0.717, 1.165) is 37.1 Å². The van der Waals surface area contributed by atoms with Gasteiger partial charge in [0.1, 0.15) is 0 Å². The number of benzene rings is 1. The maximum Gasteiger partial charge on any atom is 0.419 e. The standard InChI is InChI=1S/C13H17NO2S/c15-13-14(9-5-1-2-6-10-17)11-7-3-4-8-12(11)16-13/h3-4,7-8,17H,1-2,5-6,9-10H2. The molecule has 17 heavy (non-hydrogen) atoms. The quantitative estimate of drug-likeness (QED) is 0.632. The summed E-state index contributed by atoms with van der Waals surface area (Å²) < 4.78 is 6.89. The lowest BCUT2D eigenvalue weighted by Crippen LogP contribution is -2.14. The van der Waals surface area contributed by atoms with Crippen LogP contribution in [0.1, 0.15) is 25.7 Å². The molecule has 0 saturated heterocycles. The molecule has 2 rings (SSSR count). The Morgan fingerprint density at radius 1 is 1.12 bits per heavy atom. The van der Waals surface area contributed by atoms with Crippen molar-refractivity contribution in [1.29, 1.82) is 0 Å². The number of aryl methyl sites for hydroxylation is 1. The van der Waals surface area contributed by atoms with Gasteiger partial charge in [-0.3, -0.25) is 4.57 Å².